The Bertz CT molecular complexity index is 448. The van der Waals surface area contributed by atoms with Crippen LogP contribution in [0.5, 0.6) is 0 Å². The third-order valence-corrected chi connectivity index (χ3v) is 4.46. The molecule has 1 aliphatic rings. The highest BCUT2D eigenvalue weighted by Crippen LogP contribution is 2.29. The molecule has 2 N–H and O–H groups in total. The van der Waals surface area contributed by atoms with E-state index in [0.29, 0.717) is 5.82 Å². The molecule has 112 valence electrons. The minimum Gasteiger partial charge on any atom is -0.383 e. The number of rotatable bonds is 4. The van der Waals surface area contributed by atoms with E-state index in [1.165, 1.54) is 12.8 Å². The maximum atomic E-state index is 6.06. The lowest BCUT2D eigenvalue weighted by Gasteiger charge is -2.35. The molecule has 20 heavy (non-hydrogen) atoms. The predicted molar refractivity (Wildman–Crippen MR) is 85.0 cm³/mol. The van der Waals surface area contributed by atoms with E-state index in [2.05, 4.69) is 30.7 Å². The van der Waals surface area contributed by atoms with E-state index in [-0.39, 0.29) is 0 Å². The van der Waals surface area contributed by atoms with Crippen molar-refractivity contribution in [2.24, 2.45) is 11.8 Å². The van der Waals surface area contributed by atoms with E-state index in [9.17, 15) is 0 Å². The Morgan fingerprint density at radius 3 is 2.45 bits per heavy atom. The lowest BCUT2D eigenvalue weighted by Crippen LogP contribution is -2.36. The van der Waals surface area contributed by atoms with Gasteiger partial charge in [0.15, 0.2) is 0 Å². The minimum absolute atomic E-state index is 0.643. The van der Waals surface area contributed by atoms with Crippen LogP contribution in [-0.2, 0) is 6.42 Å². The molecule has 4 heteroatoms. The van der Waals surface area contributed by atoms with Crippen LogP contribution < -0.4 is 10.6 Å². The summed E-state index contributed by atoms with van der Waals surface area (Å²) in [6.45, 7) is 11.0. The molecule has 0 bridgehead atoms. The van der Waals surface area contributed by atoms with Crippen LogP contribution in [0.15, 0.2) is 0 Å². The maximum Gasteiger partial charge on any atom is 0.137 e. The van der Waals surface area contributed by atoms with Crippen LogP contribution in [0.1, 0.15) is 51.4 Å². The molecular weight excluding hydrogens is 248 g/mol. The fraction of sp³-hybridized carbons (Fsp3) is 0.750. The van der Waals surface area contributed by atoms with Gasteiger partial charge in [-0.05, 0) is 38.0 Å². The number of hydrogen-bond donors (Lipinski definition) is 1. The van der Waals surface area contributed by atoms with E-state index in [1.54, 1.807) is 0 Å². The monoisotopic (exact) mass is 276 g/mol. The quantitative estimate of drug-likeness (QED) is 0.917. The van der Waals surface area contributed by atoms with E-state index in [4.69, 9.17) is 10.7 Å². The molecule has 4 nitrogen and oxygen atoms in total. The number of nitrogen functional groups attached to an aromatic ring is 1. The summed E-state index contributed by atoms with van der Waals surface area (Å²) < 4.78 is 0. The van der Waals surface area contributed by atoms with Gasteiger partial charge >= 0.3 is 0 Å². The van der Waals surface area contributed by atoms with Crippen LogP contribution >= 0.6 is 0 Å². The lowest BCUT2D eigenvalue weighted by molar-refractivity contribution is 0.310. The first-order chi connectivity index (χ1) is 9.52. The molecule has 1 aliphatic heterocycles. The zero-order valence-electron chi connectivity index (χ0n) is 13.3. The summed E-state index contributed by atoms with van der Waals surface area (Å²) in [7, 11) is 0. The zero-order valence-corrected chi connectivity index (χ0v) is 13.3. The zero-order chi connectivity index (χ0) is 14.7. The van der Waals surface area contributed by atoms with Crippen molar-refractivity contribution in [1.29, 1.82) is 0 Å². The van der Waals surface area contributed by atoms with Crippen LogP contribution in [0.2, 0.25) is 0 Å². The molecule has 0 amide bonds. The highest BCUT2D eigenvalue weighted by molar-refractivity contribution is 5.56. The topological polar surface area (TPSA) is 55.0 Å². The van der Waals surface area contributed by atoms with E-state index < -0.39 is 0 Å². The van der Waals surface area contributed by atoms with Crippen molar-refractivity contribution in [1.82, 2.24) is 9.97 Å². The van der Waals surface area contributed by atoms with Gasteiger partial charge in [-0.2, -0.15) is 0 Å². The van der Waals surface area contributed by atoms with Crippen LogP contribution in [0, 0.1) is 18.8 Å². The Balaban J connectivity index is 2.16. The molecule has 0 aliphatic carbocycles. The maximum absolute atomic E-state index is 6.06. The van der Waals surface area contributed by atoms with Crippen molar-refractivity contribution in [3.63, 3.8) is 0 Å². The van der Waals surface area contributed by atoms with Crippen molar-refractivity contribution in [3.05, 3.63) is 11.4 Å². The molecule has 1 saturated heterocycles. The van der Waals surface area contributed by atoms with Gasteiger partial charge in [-0.25, -0.2) is 9.97 Å². The van der Waals surface area contributed by atoms with Crippen molar-refractivity contribution < 1.29 is 0 Å². The average molecular weight is 276 g/mol. The Hall–Kier alpha value is -1.32. The molecule has 2 rings (SSSR count). The van der Waals surface area contributed by atoms with Gasteiger partial charge in [-0.1, -0.05) is 20.8 Å². The molecule has 1 fully saturated rings. The number of nitrogens with zero attached hydrogens (tertiary/aromatic N) is 3. The van der Waals surface area contributed by atoms with Crippen LogP contribution in [0.25, 0.3) is 0 Å². The van der Waals surface area contributed by atoms with Gasteiger partial charge in [0.2, 0.25) is 0 Å². The molecule has 0 saturated carbocycles. The summed E-state index contributed by atoms with van der Waals surface area (Å²) in [6.07, 6.45) is 4.46. The van der Waals surface area contributed by atoms with Gasteiger partial charge in [0, 0.05) is 25.1 Å². The fourth-order valence-corrected chi connectivity index (χ4v) is 2.99. The smallest absolute Gasteiger partial charge is 0.137 e. The normalized spacial score (nSPS) is 16.9. The van der Waals surface area contributed by atoms with Gasteiger partial charge in [-0.15, -0.1) is 0 Å². The highest BCUT2D eigenvalue weighted by Gasteiger charge is 2.24. The number of anilines is 2. The van der Waals surface area contributed by atoms with Gasteiger partial charge in [0.05, 0.1) is 0 Å². The van der Waals surface area contributed by atoms with Gasteiger partial charge in [0.25, 0.3) is 0 Å². The molecule has 1 aromatic heterocycles. The Morgan fingerprint density at radius 2 is 1.90 bits per heavy atom. The third-order valence-electron chi connectivity index (χ3n) is 4.46. The first kappa shape index (κ1) is 15.1. The number of piperidine rings is 1. The van der Waals surface area contributed by atoms with Crippen molar-refractivity contribution >= 4 is 11.6 Å². The summed E-state index contributed by atoms with van der Waals surface area (Å²) in [4.78, 5) is 11.5. The molecule has 0 spiro atoms. The fourth-order valence-electron chi connectivity index (χ4n) is 2.99. The summed E-state index contributed by atoms with van der Waals surface area (Å²) in [5.41, 5.74) is 7.09. The second-order valence-electron chi connectivity index (χ2n) is 6.29. The Morgan fingerprint density at radius 1 is 1.25 bits per heavy atom. The van der Waals surface area contributed by atoms with E-state index in [1.807, 2.05) is 6.92 Å². The first-order valence-corrected chi connectivity index (χ1v) is 7.90. The molecule has 1 aromatic rings. The number of aromatic nitrogens is 2. The molecule has 0 aromatic carbocycles. The number of hydrogen-bond acceptors (Lipinski definition) is 4. The standard InChI is InChI=1S/C16H28N4/c1-5-6-14-18-15(17)12(4)16(19-14)20-9-7-13(8-10-20)11(2)3/h11,13H,5-10H2,1-4H3,(H2,17,18,19). The van der Waals surface area contributed by atoms with Crippen molar-refractivity contribution in [2.75, 3.05) is 23.7 Å². The van der Waals surface area contributed by atoms with Gasteiger partial charge in [0.1, 0.15) is 17.5 Å². The molecule has 0 radical (unpaired) electrons. The summed E-state index contributed by atoms with van der Waals surface area (Å²) >= 11 is 0. The molecule has 2 heterocycles. The van der Waals surface area contributed by atoms with Gasteiger partial charge < -0.3 is 10.6 Å². The van der Waals surface area contributed by atoms with E-state index in [0.717, 1.165) is 55.0 Å². The summed E-state index contributed by atoms with van der Waals surface area (Å²) in [5, 5.41) is 0. The Kier molecular flexibility index (Phi) is 4.84. The SMILES string of the molecule is CCCc1nc(N)c(C)c(N2CCC(C(C)C)CC2)n1. The summed E-state index contributed by atoms with van der Waals surface area (Å²) in [5.74, 6) is 4.22. The van der Waals surface area contributed by atoms with E-state index >= 15 is 0 Å². The van der Waals surface area contributed by atoms with Crippen LogP contribution in [0.3, 0.4) is 0 Å². The second kappa shape index (κ2) is 6.42. The van der Waals surface area contributed by atoms with Crippen molar-refractivity contribution in [3.8, 4) is 0 Å². The van der Waals surface area contributed by atoms with Crippen LogP contribution in [0.4, 0.5) is 11.6 Å². The number of nitrogens with two attached hydrogens (primary N) is 1. The first-order valence-electron chi connectivity index (χ1n) is 7.90. The lowest BCUT2D eigenvalue weighted by atomic mass is 9.86. The minimum atomic E-state index is 0.643. The number of aryl methyl sites for hydroxylation is 1. The largest absolute Gasteiger partial charge is 0.383 e. The summed E-state index contributed by atoms with van der Waals surface area (Å²) in [6, 6.07) is 0. The molecule has 0 unspecified atom stereocenters. The predicted octanol–water partition coefficient (Wildman–Crippen LogP) is 3.19. The average Bonchev–Trinajstić information content (AvgIpc) is 2.43. The highest BCUT2D eigenvalue weighted by atomic mass is 15.2. The van der Waals surface area contributed by atoms with Crippen molar-refractivity contribution in [2.45, 2.75) is 53.4 Å². The third kappa shape index (κ3) is 3.22. The van der Waals surface area contributed by atoms with Crippen LogP contribution in [-0.4, -0.2) is 23.1 Å². The second-order valence-corrected chi connectivity index (χ2v) is 6.29. The molecule has 0 atom stereocenters. The molecular formula is C16H28N4. The van der Waals surface area contributed by atoms with Gasteiger partial charge in [-0.3, -0.25) is 0 Å². The Labute approximate surface area is 122 Å².